The highest BCUT2D eigenvalue weighted by Gasteiger charge is 2.16. The molecule has 9 nitrogen and oxygen atoms in total. The first-order valence-electron chi connectivity index (χ1n) is 10.3. The minimum absolute atomic E-state index is 0.00600. The van der Waals surface area contributed by atoms with E-state index in [0.717, 1.165) is 0 Å². The van der Waals surface area contributed by atoms with Crippen LogP contribution in [0.15, 0.2) is 90.2 Å². The molecule has 0 aliphatic heterocycles. The van der Waals surface area contributed by atoms with E-state index >= 15 is 0 Å². The van der Waals surface area contributed by atoms with Gasteiger partial charge in [-0.25, -0.2) is 4.98 Å². The molecule has 168 valence electrons. The number of hydrogen-bond acceptors (Lipinski definition) is 8. The third-order valence-corrected chi connectivity index (χ3v) is 4.79. The van der Waals surface area contributed by atoms with Crippen LogP contribution in [-0.2, 0) is 4.79 Å². The van der Waals surface area contributed by atoms with Gasteiger partial charge >= 0.3 is 0 Å². The van der Waals surface area contributed by atoms with Crippen LogP contribution in [-0.4, -0.2) is 21.7 Å². The molecule has 0 fully saturated rings. The van der Waals surface area contributed by atoms with E-state index in [1.54, 1.807) is 72.8 Å². The van der Waals surface area contributed by atoms with Crippen LogP contribution in [0.1, 0.15) is 22.8 Å². The molecular weight excluding hydrogens is 432 g/mol. The molecule has 0 bridgehead atoms. The van der Waals surface area contributed by atoms with Crippen molar-refractivity contribution in [3.63, 3.8) is 0 Å². The first-order valence-corrected chi connectivity index (χ1v) is 10.3. The van der Waals surface area contributed by atoms with Crippen molar-refractivity contribution in [3.05, 3.63) is 101 Å². The molecule has 4 rings (SSSR count). The number of rotatable bonds is 8. The number of aromatic nitrogens is 2. The summed E-state index contributed by atoms with van der Waals surface area (Å²) in [6.45, 7) is 1.43. The highest BCUT2D eigenvalue weighted by Crippen LogP contribution is 2.29. The Balaban J connectivity index is 1.60. The number of nitrogens with zero attached hydrogens (tertiary/aromatic N) is 3. The summed E-state index contributed by atoms with van der Waals surface area (Å²) in [4.78, 5) is 44.1. The summed E-state index contributed by atoms with van der Waals surface area (Å²) in [5.74, 6) is 0.0310. The Kier molecular flexibility index (Phi) is 6.64. The van der Waals surface area contributed by atoms with Crippen molar-refractivity contribution in [2.45, 2.75) is 6.92 Å². The Hall–Kier alpha value is -4.92. The Morgan fingerprint density at radius 2 is 1.50 bits per heavy atom. The molecular formula is C25H20N6O3. The Morgan fingerprint density at radius 3 is 2.21 bits per heavy atom. The van der Waals surface area contributed by atoms with Crippen molar-refractivity contribution >= 4 is 46.2 Å². The number of para-hydroxylation sites is 1. The van der Waals surface area contributed by atoms with E-state index in [1.165, 1.54) is 13.1 Å². The van der Waals surface area contributed by atoms with Crippen molar-refractivity contribution in [1.29, 1.82) is 0 Å². The first kappa shape index (κ1) is 22.3. The SMILES string of the molecule is CC(=O)Nc1ccc(Nc2ncc(N=O)c(Nc3ccccc3C(=O)c3ccccc3)n2)cc1. The fraction of sp³-hybridized carbons (Fsp3) is 0.0400. The molecule has 0 unspecified atom stereocenters. The zero-order valence-electron chi connectivity index (χ0n) is 18.1. The van der Waals surface area contributed by atoms with Crippen molar-refractivity contribution in [2.75, 3.05) is 16.0 Å². The monoisotopic (exact) mass is 452 g/mol. The van der Waals surface area contributed by atoms with Crippen LogP contribution in [0.5, 0.6) is 0 Å². The molecule has 1 aromatic heterocycles. The third kappa shape index (κ3) is 5.28. The molecule has 0 saturated heterocycles. The van der Waals surface area contributed by atoms with Gasteiger partial charge < -0.3 is 16.0 Å². The Labute approximate surface area is 195 Å². The second-order valence-corrected chi connectivity index (χ2v) is 7.27. The topological polar surface area (TPSA) is 125 Å². The molecule has 4 aromatic rings. The molecule has 3 aromatic carbocycles. The number of nitroso groups, excluding NO2 is 1. The highest BCUT2D eigenvalue weighted by molar-refractivity contribution is 6.12. The van der Waals surface area contributed by atoms with E-state index in [2.05, 4.69) is 31.1 Å². The van der Waals surface area contributed by atoms with Crippen LogP contribution < -0.4 is 16.0 Å². The number of amides is 1. The minimum Gasteiger partial charge on any atom is -0.338 e. The fourth-order valence-corrected chi connectivity index (χ4v) is 3.23. The Bertz CT molecular complexity index is 1340. The van der Waals surface area contributed by atoms with E-state index in [4.69, 9.17) is 0 Å². The quantitative estimate of drug-likeness (QED) is 0.236. The Morgan fingerprint density at radius 1 is 0.824 bits per heavy atom. The lowest BCUT2D eigenvalue weighted by atomic mass is 10.0. The van der Waals surface area contributed by atoms with E-state index in [9.17, 15) is 14.5 Å². The van der Waals surface area contributed by atoms with Crippen LogP contribution >= 0.6 is 0 Å². The van der Waals surface area contributed by atoms with Gasteiger partial charge in [0.1, 0.15) is 0 Å². The summed E-state index contributed by atoms with van der Waals surface area (Å²) >= 11 is 0. The second kappa shape index (κ2) is 10.1. The molecule has 3 N–H and O–H groups in total. The lowest BCUT2D eigenvalue weighted by Gasteiger charge is -2.13. The molecule has 0 radical (unpaired) electrons. The average molecular weight is 452 g/mol. The first-order chi connectivity index (χ1) is 16.5. The maximum Gasteiger partial charge on any atom is 0.229 e. The minimum atomic E-state index is -0.170. The largest absolute Gasteiger partial charge is 0.338 e. The van der Waals surface area contributed by atoms with Crippen LogP contribution in [0.25, 0.3) is 0 Å². The number of hydrogen-bond donors (Lipinski definition) is 3. The van der Waals surface area contributed by atoms with Crippen molar-refractivity contribution in [3.8, 4) is 0 Å². The van der Waals surface area contributed by atoms with E-state index in [0.29, 0.717) is 28.2 Å². The number of carbonyl (C=O) groups excluding carboxylic acids is 2. The fourth-order valence-electron chi connectivity index (χ4n) is 3.23. The summed E-state index contributed by atoms with van der Waals surface area (Å²) in [7, 11) is 0. The number of anilines is 5. The highest BCUT2D eigenvalue weighted by atomic mass is 16.3. The number of carbonyl (C=O) groups is 2. The molecule has 0 saturated carbocycles. The molecule has 0 atom stereocenters. The van der Waals surface area contributed by atoms with Gasteiger partial charge in [0, 0.05) is 29.4 Å². The van der Waals surface area contributed by atoms with Gasteiger partial charge in [-0.05, 0) is 41.6 Å². The van der Waals surface area contributed by atoms with E-state index < -0.39 is 0 Å². The molecule has 34 heavy (non-hydrogen) atoms. The summed E-state index contributed by atoms with van der Waals surface area (Å²) in [6.07, 6.45) is 1.29. The third-order valence-electron chi connectivity index (χ3n) is 4.79. The van der Waals surface area contributed by atoms with Gasteiger partial charge in [-0.1, -0.05) is 42.5 Å². The van der Waals surface area contributed by atoms with Crippen LogP contribution in [0.3, 0.4) is 0 Å². The molecule has 0 spiro atoms. The van der Waals surface area contributed by atoms with Gasteiger partial charge in [0.15, 0.2) is 17.3 Å². The molecule has 9 heteroatoms. The molecule has 1 amide bonds. The van der Waals surface area contributed by atoms with Gasteiger partial charge in [0.25, 0.3) is 0 Å². The summed E-state index contributed by atoms with van der Waals surface area (Å²) in [5, 5.41) is 11.8. The van der Waals surface area contributed by atoms with Gasteiger partial charge in [0.2, 0.25) is 11.9 Å². The smallest absolute Gasteiger partial charge is 0.229 e. The normalized spacial score (nSPS) is 10.3. The van der Waals surface area contributed by atoms with Crippen molar-refractivity contribution in [1.82, 2.24) is 9.97 Å². The van der Waals surface area contributed by atoms with E-state index in [-0.39, 0.29) is 29.1 Å². The van der Waals surface area contributed by atoms with Gasteiger partial charge in [-0.2, -0.15) is 4.98 Å². The predicted molar refractivity (Wildman–Crippen MR) is 131 cm³/mol. The molecule has 0 aliphatic rings. The standard InChI is InChI=1S/C25H20N6O3/c1-16(32)27-18-11-13-19(14-12-18)28-25-26-15-22(31-34)24(30-25)29-21-10-6-5-9-20(21)23(33)17-7-3-2-4-8-17/h2-15H,1H3,(H,27,32)(H2,26,28,29,30). The molecule has 1 heterocycles. The van der Waals surface area contributed by atoms with Crippen molar-refractivity contribution < 1.29 is 9.59 Å². The lowest BCUT2D eigenvalue weighted by Crippen LogP contribution is -2.07. The molecule has 0 aliphatic carbocycles. The number of nitrogens with one attached hydrogen (secondary N) is 3. The summed E-state index contributed by atoms with van der Waals surface area (Å²) < 4.78 is 0. The van der Waals surface area contributed by atoms with Crippen LogP contribution in [0, 0.1) is 4.91 Å². The predicted octanol–water partition coefficient (Wildman–Crippen LogP) is 5.55. The second-order valence-electron chi connectivity index (χ2n) is 7.27. The number of benzene rings is 3. The summed E-state index contributed by atoms with van der Waals surface area (Å²) in [6, 6.07) is 22.8. The van der Waals surface area contributed by atoms with Gasteiger partial charge in [-0.15, -0.1) is 4.91 Å². The zero-order valence-corrected chi connectivity index (χ0v) is 18.1. The maximum absolute atomic E-state index is 13.0. The van der Waals surface area contributed by atoms with Crippen molar-refractivity contribution in [2.24, 2.45) is 5.18 Å². The van der Waals surface area contributed by atoms with Crippen LogP contribution in [0.2, 0.25) is 0 Å². The number of ketones is 1. The average Bonchev–Trinajstić information content (AvgIpc) is 2.86. The maximum atomic E-state index is 13.0. The lowest BCUT2D eigenvalue weighted by molar-refractivity contribution is -0.114. The van der Waals surface area contributed by atoms with Gasteiger partial charge in [-0.3, -0.25) is 9.59 Å². The van der Waals surface area contributed by atoms with Crippen LogP contribution in [0.4, 0.5) is 34.5 Å². The summed E-state index contributed by atoms with van der Waals surface area (Å²) in [5.41, 5.74) is 2.76. The van der Waals surface area contributed by atoms with Gasteiger partial charge in [0.05, 0.1) is 11.9 Å². The van der Waals surface area contributed by atoms with E-state index in [1.807, 2.05) is 6.07 Å². The zero-order chi connectivity index (χ0) is 23.9.